The molecular weight excluding hydrogens is 294 g/mol. The van der Waals surface area contributed by atoms with Gasteiger partial charge in [0.15, 0.2) is 0 Å². The van der Waals surface area contributed by atoms with Crippen molar-refractivity contribution >= 4 is 23.1 Å². The molecule has 0 unspecified atom stereocenters. The minimum Gasteiger partial charge on any atom is -0.457 e. The van der Waals surface area contributed by atoms with Crippen LogP contribution in [-0.2, 0) is 0 Å². The summed E-state index contributed by atoms with van der Waals surface area (Å²) in [5, 5.41) is 18.7. The Bertz CT molecular complexity index is 731. The van der Waals surface area contributed by atoms with E-state index < -0.39 is 4.92 Å². The van der Waals surface area contributed by atoms with E-state index in [4.69, 9.17) is 27.5 Å². The predicted molar refractivity (Wildman–Crippen MR) is 80.4 cm³/mol. The molecule has 0 saturated heterocycles. The first-order valence-electron chi connectivity index (χ1n) is 5.95. The molecular formula is C14H12ClN3O3. The Morgan fingerprint density at radius 1 is 1.33 bits per heavy atom. The maximum Gasteiger partial charge on any atom is 0.272 e. The highest BCUT2D eigenvalue weighted by atomic mass is 35.5. The molecule has 2 rings (SSSR count). The zero-order chi connectivity index (χ0) is 15.6. The van der Waals surface area contributed by atoms with Gasteiger partial charge in [-0.15, -0.1) is 0 Å². The Morgan fingerprint density at radius 2 is 2.05 bits per heavy atom. The smallest absolute Gasteiger partial charge is 0.272 e. The molecule has 108 valence electrons. The lowest BCUT2D eigenvalue weighted by molar-refractivity contribution is -0.385. The van der Waals surface area contributed by atoms with Crippen molar-refractivity contribution in [3.05, 3.63) is 62.7 Å². The summed E-state index contributed by atoms with van der Waals surface area (Å²) in [5.41, 5.74) is 6.35. The van der Waals surface area contributed by atoms with E-state index in [2.05, 4.69) is 0 Å². The number of hydrogen-bond donors (Lipinski definition) is 2. The van der Waals surface area contributed by atoms with Crippen LogP contribution in [-0.4, -0.2) is 10.8 Å². The lowest BCUT2D eigenvalue weighted by Crippen LogP contribution is -2.12. The number of nitrogen functional groups attached to an aromatic ring is 1. The molecule has 0 amide bonds. The van der Waals surface area contributed by atoms with Gasteiger partial charge >= 0.3 is 0 Å². The van der Waals surface area contributed by atoms with Gasteiger partial charge in [0.1, 0.15) is 17.3 Å². The van der Waals surface area contributed by atoms with Gasteiger partial charge in [-0.3, -0.25) is 15.5 Å². The van der Waals surface area contributed by atoms with E-state index in [1.807, 2.05) is 0 Å². The summed E-state index contributed by atoms with van der Waals surface area (Å²) in [6.45, 7) is 1.62. The zero-order valence-electron chi connectivity index (χ0n) is 11.1. The lowest BCUT2D eigenvalue weighted by Gasteiger charge is -2.11. The van der Waals surface area contributed by atoms with Crippen LogP contribution in [0.2, 0.25) is 5.02 Å². The second-order valence-electron chi connectivity index (χ2n) is 4.36. The Balaban J connectivity index is 2.37. The second kappa shape index (κ2) is 5.80. The van der Waals surface area contributed by atoms with Crippen molar-refractivity contribution in [1.29, 1.82) is 5.41 Å². The molecule has 0 atom stereocenters. The number of nitro benzene ring substituents is 1. The van der Waals surface area contributed by atoms with Crippen LogP contribution < -0.4 is 10.5 Å². The van der Waals surface area contributed by atoms with Gasteiger partial charge in [0, 0.05) is 16.7 Å². The fourth-order valence-corrected chi connectivity index (χ4v) is 2.00. The normalized spacial score (nSPS) is 10.2. The summed E-state index contributed by atoms with van der Waals surface area (Å²) in [5.74, 6) is 0.606. The van der Waals surface area contributed by atoms with Crippen LogP contribution in [0.25, 0.3) is 0 Å². The number of hydrogen-bond acceptors (Lipinski definition) is 4. The van der Waals surface area contributed by atoms with E-state index in [1.165, 1.54) is 18.2 Å². The highest BCUT2D eigenvalue weighted by Gasteiger charge is 2.13. The van der Waals surface area contributed by atoms with Crippen molar-refractivity contribution < 1.29 is 9.66 Å². The standard InChI is InChI=1S/C14H12ClN3O3/c1-8-6-10(3-4-12(8)18(19)20)21-13-5-2-9(15)7-11(13)14(16)17/h2-7H,1H3,(H3,16,17). The molecule has 0 aliphatic carbocycles. The lowest BCUT2D eigenvalue weighted by atomic mass is 10.1. The number of benzene rings is 2. The minimum atomic E-state index is -0.456. The van der Waals surface area contributed by atoms with Gasteiger partial charge in [0.2, 0.25) is 0 Å². The number of halogens is 1. The number of nitrogens with two attached hydrogens (primary N) is 1. The Morgan fingerprint density at radius 3 is 2.62 bits per heavy atom. The molecule has 0 bridgehead atoms. The molecule has 21 heavy (non-hydrogen) atoms. The highest BCUT2D eigenvalue weighted by Crippen LogP contribution is 2.30. The van der Waals surface area contributed by atoms with E-state index >= 15 is 0 Å². The summed E-state index contributed by atoms with van der Waals surface area (Å²) in [6, 6.07) is 9.14. The fraction of sp³-hybridized carbons (Fsp3) is 0.0714. The number of rotatable bonds is 4. The topological polar surface area (TPSA) is 102 Å². The minimum absolute atomic E-state index is 0.0187. The maximum absolute atomic E-state index is 10.8. The van der Waals surface area contributed by atoms with Crippen molar-refractivity contribution in [3.63, 3.8) is 0 Å². The molecule has 7 heteroatoms. The monoisotopic (exact) mass is 305 g/mol. The van der Waals surface area contributed by atoms with Crippen LogP contribution in [0, 0.1) is 22.4 Å². The van der Waals surface area contributed by atoms with Crippen molar-refractivity contribution in [2.45, 2.75) is 6.92 Å². The summed E-state index contributed by atoms with van der Waals surface area (Å²) in [6.07, 6.45) is 0. The molecule has 2 aromatic rings. The molecule has 0 heterocycles. The molecule has 2 aromatic carbocycles. The van der Waals surface area contributed by atoms with Gasteiger partial charge in [-0.1, -0.05) is 11.6 Å². The summed E-state index contributed by atoms with van der Waals surface area (Å²) >= 11 is 5.86. The molecule has 0 aliphatic rings. The van der Waals surface area contributed by atoms with Crippen LogP contribution >= 0.6 is 11.6 Å². The van der Waals surface area contributed by atoms with E-state index in [0.717, 1.165) is 0 Å². The molecule has 0 saturated carbocycles. The summed E-state index contributed by atoms with van der Waals surface area (Å²) in [4.78, 5) is 10.3. The SMILES string of the molecule is Cc1cc(Oc2ccc(Cl)cc2C(=N)N)ccc1[N+](=O)[O-]. The number of ether oxygens (including phenoxy) is 1. The van der Waals surface area contributed by atoms with E-state index in [9.17, 15) is 10.1 Å². The number of nitrogens with zero attached hydrogens (tertiary/aromatic N) is 1. The average Bonchev–Trinajstić information content (AvgIpc) is 2.40. The number of nitrogens with one attached hydrogen (secondary N) is 1. The first-order chi connectivity index (χ1) is 9.88. The first-order valence-corrected chi connectivity index (χ1v) is 6.33. The molecule has 3 N–H and O–H groups in total. The first kappa shape index (κ1) is 14.8. The van der Waals surface area contributed by atoms with Crippen LogP contribution in [0.15, 0.2) is 36.4 Å². The average molecular weight is 306 g/mol. The van der Waals surface area contributed by atoms with E-state index in [-0.39, 0.29) is 11.5 Å². The highest BCUT2D eigenvalue weighted by molar-refractivity contribution is 6.31. The molecule has 6 nitrogen and oxygen atoms in total. The zero-order valence-corrected chi connectivity index (χ0v) is 11.8. The van der Waals surface area contributed by atoms with Crippen LogP contribution in [0.5, 0.6) is 11.5 Å². The van der Waals surface area contributed by atoms with E-state index in [1.54, 1.807) is 25.1 Å². The Labute approximate surface area is 125 Å². The predicted octanol–water partition coefficient (Wildman–Crippen LogP) is 3.63. The van der Waals surface area contributed by atoms with Crippen LogP contribution in [0.3, 0.4) is 0 Å². The number of amidine groups is 1. The summed E-state index contributed by atoms with van der Waals surface area (Å²) < 4.78 is 5.64. The molecule has 0 aliphatic heterocycles. The molecule has 0 aromatic heterocycles. The third kappa shape index (κ3) is 3.29. The van der Waals surface area contributed by atoms with Gasteiger partial charge in [0.25, 0.3) is 5.69 Å². The maximum atomic E-state index is 10.8. The van der Waals surface area contributed by atoms with Crippen molar-refractivity contribution in [1.82, 2.24) is 0 Å². The fourth-order valence-electron chi connectivity index (χ4n) is 1.82. The van der Waals surface area contributed by atoms with Gasteiger partial charge in [-0.05, 0) is 37.3 Å². The van der Waals surface area contributed by atoms with E-state index in [0.29, 0.717) is 27.6 Å². The van der Waals surface area contributed by atoms with Gasteiger partial charge in [0.05, 0.1) is 10.5 Å². The summed E-state index contributed by atoms with van der Waals surface area (Å²) in [7, 11) is 0. The third-order valence-corrected chi connectivity index (χ3v) is 3.06. The quantitative estimate of drug-likeness (QED) is 0.389. The van der Waals surface area contributed by atoms with Gasteiger partial charge < -0.3 is 10.5 Å². The largest absolute Gasteiger partial charge is 0.457 e. The molecule has 0 spiro atoms. The molecule has 0 fully saturated rings. The third-order valence-electron chi connectivity index (χ3n) is 2.82. The number of aryl methyl sites for hydroxylation is 1. The Hall–Kier alpha value is -2.60. The van der Waals surface area contributed by atoms with Crippen molar-refractivity contribution in [2.24, 2.45) is 5.73 Å². The van der Waals surface area contributed by atoms with Crippen LogP contribution in [0.4, 0.5) is 5.69 Å². The van der Waals surface area contributed by atoms with Gasteiger partial charge in [-0.2, -0.15) is 0 Å². The van der Waals surface area contributed by atoms with Crippen molar-refractivity contribution in [2.75, 3.05) is 0 Å². The van der Waals surface area contributed by atoms with Crippen LogP contribution in [0.1, 0.15) is 11.1 Å². The molecule has 0 radical (unpaired) electrons. The van der Waals surface area contributed by atoms with Gasteiger partial charge in [-0.25, -0.2) is 0 Å². The second-order valence-corrected chi connectivity index (χ2v) is 4.80. The van der Waals surface area contributed by atoms with Crippen molar-refractivity contribution in [3.8, 4) is 11.5 Å². The number of nitro groups is 1. The Kier molecular flexibility index (Phi) is 4.09.